The highest BCUT2D eigenvalue weighted by Crippen LogP contribution is 2.19. The van der Waals surface area contributed by atoms with Gasteiger partial charge in [0, 0.05) is 6.07 Å². The van der Waals surface area contributed by atoms with Crippen LogP contribution in [0.4, 0.5) is 0 Å². The van der Waals surface area contributed by atoms with Gasteiger partial charge in [-0.15, -0.1) is 0 Å². The van der Waals surface area contributed by atoms with Gasteiger partial charge in [0.1, 0.15) is 22.9 Å². The van der Waals surface area contributed by atoms with E-state index < -0.39 is 0 Å². The summed E-state index contributed by atoms with van der Waals surface area (Å²) in [7, 11) is 0. The molecule has 0 amide bonds. The predicted octanol–water partition coefficient (Wildman–Crippen LogP) is 1.49. The number of hydrogen-bond donors (Lipinski definition) is 1. The highest BCUT2D eigenvalue weighted by Gasteiger charge is 2.00. The summed E-state index contributed by atoms with van der Waals surface area (Å²) in [4.78, 5) is 4.32. The second-order valence-electron chi connectivity index (χ2n) is 2.74. The minimum absolute atomic E-state index is 0.235. The lowest BCUT2D eigenvalue weighted by Crippen LogP contribution is -2.17. The van der Waals surface area contributed by atoms with Crippen LogP contribution in [0.5, 0.6) is 5.75 Å². The third-order valence-electron chi connectivity index (χ3n) is 1.68. The lowest BCUT2D eigenvalue weighted by molar-refractivity contribution is 0.378. The summed E-state index contributed by atoms with van der Waals surface area (Å²) in [6, 6.07) is 5.35. The Bertz CT molecular complexity index is 467. The van der Waals surface area contributed by atoms with E-state index in [1.807, 2.05) is 0 Å². The molecule has 1 heterocycles. The molecule has 2 rings (SSSR count). The fourth-order valence-electron chi connectivity index (χ4n) is 1.08. The maximum absolute atomic E-state index is 5.31. The molecule has 2 N–H and O–H groups in total. The minimum Gasteiger partial charge on any atom is -0.486 e. The summed E-state index contributed by atoms with van der Waals surface area (Å²) in [6.07, 6.45) is 1.39. The molecule has 1 aromatic heterocycles. The third kappa shape index (κ3) is 1.82. The molecular formula is C9H8N2O2S. The van der Waals surface area contributed by atoms with Crippen molar-refractivity contribution in [3.63, 3.8) is 0 Å². The second-order valence-corrected chi connectivity index (χ2v) is 3.26. The largest absolute Gasteiger partial charge is 0.486 e. The number of benzene rings is 1. The maximum Gasteiger partial charge on any atom is 0.181 e. The first-order valence-electron chi connectivity index (χ1n) is 4.00. The van der Waals surface area contributed by atoms with Crippen molar-refractivity contribution in [3.8, 4) is 5.75 Å². The Balaban J connectivity index is 2.21. The predicted molar refractivity (Wildman–Crippen MR) is 56.3 cm³/mol. The lowest BCUT2D eigenvalue weighted by Gasteiger charge is -2.03. The van der Waals surface area contributed by atoms with Crippen molar-refractivity contribution < 1.29 is 9.15 Å². The quantitative estimate of drug-likeness (QED) is 0.774. The van der Waals surface area contributed by atoms with Crippen LogP contribution < -0.4 is 10.5 Å². The van der Waals surface area contributed by atoms with Gasteiger partial charge in [-0.05, 0) is 12.1 Å². The van der Waals surface area contributed by atoms with Crippen molar-refractivity contribution in [1.29, 1.82) is 0 Å². The van der Waals surface area contributed by atoms with Crippen molar-refractivity contribution in [1.82, 2.24) is 4.98 Å². The molecule has 0 atom stereocenters. The number of thiocarbonyl (C=S) groups is 1. The molecule has 14 heavy (non-hydrogen) atoms. The van der Waals surface area contributed by atoms with Gasteiger partial charge in [0.25, 0.3) is 0 Å². The highest BCUT2D eigenvalue weighted by atomic mass is 32.1. The average Bonchev–Trinajstić information content (AvgIpc) is 2.61. The molecule has 0 fully saturated rings. The van der Waals surface area contributed by atoms with E-state index in [1.54, 1.807) is 18.2 Å². The van der Waals surface area contributed by atoms with Crippen LogP contribution in [-0.2, 0) is 0 Å². The molecule has 0 saturated heterocycles. The molecule has 0 radical (unpaired) electrons. The summed E-state index contributed by atoms with van der Waals surface area (Å²) >= 11 is 4.69. The molecule has 0 saturated carbocycles. The summed E-state index contributed by atoms with van der Waals surface area (Å²) in [5.74, 6) is 0.680. The summed E-state index contributed by atoms with van der Waals surface area (Å²) in [5.41, 5.74) is 6.79. The fourth-order valence-corrected chi connectivity index (χ4v) is 1.14. The van der Waals surface area contributed by atoms with Gasteiger partial charge in [-0.25, -0.2) is 4.98 Å². The number of oxazole rings is 1. The molecular weight excluding hydrogens is 200 g/mol. The number of ether oxygens (including phenoxy) is 1. The smallest absolute Gasteiger partial charge is 0.181 e. The van der Waals surface area contributed by atoms with Crippen LogP contribution in [0.2, 0.25) is 0 Å². The Morgan fingerprint density at radius 1 is 1.57 bits per heavy atom. The number of nitrogens with two attached hydrogens (primary N) is 1. The summed E-state index contributed by atoms with van der Waals surface area (Å²) in [5, 5.41) is 0. The Labute approximate surface area is 85.7 Å². The fraction of sp³-hybridized carbons (Fsp3) is 0.111. The zero-order valence-corrected chi connectivity index (χ0v) is 8.08. The zero-order chi connectivity index (χ0) is 9.97. The minimum atomic E-state index is 0.235. The second kappa shape index (κ2) is 3.63. The van der Waals surface area contributed by atoms with Crippen molar-refractivity contribution >= 4 is 28.3 Å². The van der Waals surface area contributed by atoms with E-state index in [-0.39, 0.29) is 6.61 Å². The van der Waals surface area contributed by atoms with E-state index in [9.17, 15) is 0 Å². The topological polar surface area (TPSA) is 61.3 Å². The normalized spacial score (nSPS) is 10.3. The van der Waals surface area contributed by atoms with E-state index in [0.29, 0.717) is 10.7 Å². The van der Waals surface area contributed by atoms with Crippen molar-refractivity contribution in [3.05, 3.63) is 24.6 Å². The van der Waals surface area contributed by atoms with Crippen LogP contribution in [0.15, 0.2) is 29.0 Å². The summed E-state index contributed by atoms with van der Waals surface area (Å²) < 4.78 is 10.4. The van der Waals surface area contributed by atoms with Gasteiger partial charge in [-0.3, -0.25) is 0 Å². The number of fused-ring (bicyclic) bond motifs is 1. The van der Waals surface area contributed by atoms with E-state index in [4.69, 9.17) is 27.1 Å². The van der Waals surface area contributed by atoms with Crippen LogP contribution in [0.3, 0.4) is 0 Å². The third-order valence-corrected chi connectivity index (χ3v) is 1.80. The molecule has 72 valence electrons. The standard InChI is InChI=1S/C9H8N2O2S/c10-9(14)4-12-6-1-2-8-7(3-6)11-5-13-8/h1-3,5H,4H2,(H2,10,14). The number of nitrogens with zero attached hydrogens (tertiary/aromatic N) is 1. The molecule has 1 aromatic carbocycles. The Hall–Kier alpha value is -1.62. The van der Waals surface area contributed by atoms with Gasteiger partial charge in [0.15, 0.2) is 12.0 Å². The first-order chi connectivity index (χ1) is 6.75. The van der Waals surface area contributed by atoms with Gasteiger partial charge in [0.05, 0.1) is 0 Å². The molecule has 2 aromatic rings. The average molecular weight is 208 g/mol. The highest BCUT2D eigenvalue weighted by molar-refractivity contribution is 7.80. The lowest BCUT2D eigenvalue weighted by atomic mass is 10.3. The molecule has 0 bridgehead atoms. The van der Waals surface area contributed by atoms with E-state index in [1.165, 1.54) is 6.39 Å². The van der Waals surface area contributed by atoms with E-state index in [0.717, 1.165) is 11.1 Å². The van der Waals surface area contributed by atoms with Crippen molar-refractivity contribution in [2.45, 2.75) is 0 Å². The molecule has 0 aliphatic carbocycles. The Morgan fingerprint density at radius 3 is 3.21 bits per heavy atom. The van der Waals surface area contributed by atoms with Crippen LogP contribution in [-0.4, -0.2) is 16.6 Å². The number of aromatic nitrogens is 1. The Morgan fingerprint density at radius 2 is 2.43 bits per heavy atom. The molecule has 0 spiro atoms. The molecule has 0 aliphatic rings. The SMILES string of the molecule is NC(=S)COc1ccc2ocnc2c1. The van der Waals surface area contributed by atoms with Gasteiger partial charge in [0.2, 0.25) is 0 Å². The molecule has 5 heteroatoms. The van der Waals surface area contributed by atoms with Crippen LogP contribution in [0.1, 0.15) is 0 Å². The van der Waals surface area contributed by atoms with Crippen molar-refractivity contribution in [2.24, 2.45) is 5.73 Å². The molecule has 0 aliphatic heterocycles. The maximum atomic E-state index is 5.31. The van der Waals surface area contributed by atoms with Crippen LogP contribution in [0, 0.1) is 0 Å². The first-order valence-corrected chi connectivity index (χ1v) is 4.41. The van der Waals surface area contributed by atoms with E-state index in [2.05, 4.69) is 4.98 Å². The van der Waals surface area contributed by atoms with Crippen LogP contribution in [0.25, 0.3) is 11.1 Å². The van der Waals surface area contributed by atoms with Gasteiger partial charge < -0.3 is 14.9 Å². The summed E-state index contributed by atoms with van der Waals surface area (Å²) in [6.45, 7) is 0.235. The first kappa shape index (κ1) is 8.96. The number of hydrogen-bond acceptors (Lipinski definition) is 4. The van der Waals surface area contributed by atoms with Crippen LogP contribution >= 0.6 is 12.2 Å². The van der Waals surface area contributed by atoms with Crippen molar-refractivity contribution in [2.75, 3.05) is 6.61 Å². The number of rotatable bonds is 3. The monoisotopic (exact) mass is 208 g/mol. The van der Waals surface area contributed by atoms with E-state index >= 15 is 0 Å². The van der Waals surface area contributed by atoms with Gasteiger partial charge >= 0.3 is 0 Å². The van der Waals surface area contributed by atoms with Gasteiger partial charge in [-0.2, -0.15) is 0 Å². The zero-order valence-electron chi connectivity index (χ0n) is 7.27. The van der Waals surface area contributed by atoms with Gasteiger partial charge in [-0.1, -0.05) is 12.2 Å². The molecule has 0 unspecified atom stereocenters. The molecule has 4 nitrogen and oxygen atoms in total. The Kier molecular flexibility index (Phi) is 2.32.